The minimum atomic E-state index is -0.544. The van der Waals surface area contributed by atoms with Gasteiger partial charge in [0.05, 0.1) is 6.20 Å². The van der Waals surface area contributed by atoms with E-state index in [0.29, 0.717) is 0 Å². The molecule has 0 aliphatic rings. The molecule has 1 aromatic carbocycles. The summed E-state index contributed by atoms with van der Waals surface area (Å²) >= 11 is 5.61. The van der Waals surface area contributed by atoms with E-state index in [0.717, 1.165) is 18.3 Å². The van der Waals surface area contributed by atoms with Crippen LogP contribution in [-0.4, -0.2) is 10.8 Å². The van der Waals surface area contributed by atoms with Crippen molar-refractivity contribution in [2.45, 2.75) is 6.42 Å². The predicted molar refractivity (Wildman–Crippen MR) is 63.6 cm³/mol. The van der Waals surface area contributed by atoms with Crippen molar-refractivity contribution in [3.05, 3.63) is 64.4 Å². The molecular weight excluding hydrogens is 260 g/mol. The highest BCUT2D eigenvalue weighted by atomic mass is 35.5. The molecule has 0 spiro atoms. The summed E-state index contributed by atoms with van der Waals surface area (Å²) in [6.45, 7) is 0. The quantitative estimate of drug-likeness (QED) is 0.798. The molecule has 0 saturated carbocycles. The number of Topliss-reactive ketones (excluding diaryl/α,β-unsaturated/α-hetero) is 1. The number of halogens is 3. The number of rotatable bonds is 3. The van der Waals surface area contributed by atoms with Crippen LogP contribution in [0, 0.1) is 11.6 Å². The van der Waals surface area contributed by atoms with E-state index in [2.05, 4.69) is 4.98 Å². The lowest BCUT2D eigenvalue weighted by Crippen LogP contribution is -2.07. The lowest BCUT2D eigenvalue weighted by atomic mass is 10.1. The number of ketones is 1. The van der Waals surface area contributed by atoms with E-state index < -0.39 is 11.6 Å². The fraction of sp³-hybridized carbons (Fsp3) is 0.0769. The Balaban J connectivity index is 2.18. The van der Waals surface area contributed by atoms with Crippen molar-refractivity contribution in [3.8, 4) is 0 Å². The molecule has 0 radical (unpaired) electrons. The number of nitrogens with zero attached hydrogens (tertiary/aromatic N) is 1. The molecule has 1 heterocycles. The van der Waals surface area contributed by atoms with Gasteiger partial charge in [-0.15, -0.1) is 0 Å². The molecule has 0 saturated heterocycles. The molecule has 0 atom stereocenters. The molecule has 2 aromatic rings. The fourth-order valence-corrected chi connectivity index (χ4v) is 1.63. The molecule has 5 heteroatoms. The van der Waals surface area contributed by atoms with Gasteiger partial charge in [-0.3, -0.25) is 9.78 Å². The third kappa shape index (κ3) is 2.90. The average Bonchev–Trinajstić information content (AvgIpc) is 2.33. The van der Waals surface area contributed by atoms with Crippen LogP contribution in [-0.2, 0) is 6.42 Å². The second-order valence-corrected chi connectivity index (χ2v) is 4.13. The summed E-state index contributed by atoms with van der Waals surface area (Å²) in [4.78, 5) is 15.4. The first-order valence-electron chi connectivity index (χ1n) is 5.15. The highest BCUT2D eigenvalue weighted by molar-refractivity contribution is 6.30. The van der Waals surface area contributed by atoms with Gasteiger partial charge in [0.25, 0.3) is 0 Å². The van der Waals surface area contributed by atoms with Gasteiger partial charge in [0, 0.05) is 11.4 Å². The standard InChI is InChI=1S/C13H8ClF2NO/c14-9-2-1-8(11(16)6-9)5-13(18)12-4-3-10(15)7-17-12/h1-4,6-7H,5H2. The van der Waals surface area contributed by atoms with E-state index in [1.165, 1.54) is 18.2 Å². The highest BCUT2D eigenvalue weighted by Gasteiger charge is 2.12. The van der Waals surface area contributed by atoms with Crippen molar-refractivity contribution in [2.75, 3.05) is 0 Å². The zero-order valence-electron chi connectivity index (χ0n) is 9.16. The molecule has 1 aromatic heterocycles. The zero-order chi connectivity index (χ0) is 13.1. The first kappa shape index (κ1) is 12.6. The molecular formula is C13H8ClF2NO. The van der Waals surface area contributed by atoms with Crippen LogP contribution >= 0.6 is 11.6 Å². The Morgan fingerprint density at radius 1 is 1.22 bits per heavy atom. The summed E-state index contributed by atoms with van der Waals surface area (Å²) in [5.41, 5.74) is 0.335. The lowest BCUT2D eigenvalue weighted by molar-refractivity contribution is 0.0987. The molecule has 0 unspecified atom stereocenters. The molecule has 0 amide bonds. The molecule has 2 rings (SSSR count). The van der Waals surface area contributed by atoms with Crippen LogP contribution in [0.2, 0.25) is 5.02 Å². The minimum absolute atomic E-state index is 0.103. The van der Waals surface area contributed by atoms with Crippen LogP contribution < -0.4 is 0 Å². The molecule has 0 N–H and O–H groups in total. The van der Waals surface area contributed by atoms with Gasteiger partial charge in [-0.2, -0.15) is 0 Å². The van der Waals surface area contributed by atoms with Gasteiger partial charge >= 0.3 is 0 Å². The third-order valence-corrected chi connectivity index (χ3v) is 2.61. The second-order valence-electron chi connectivity index (χ2n) is 3.70. The number of hydrogen-bond donors (Lipinski definition) is 0. The maximum Gasteiger partial charge on any atom is 0.185 e. The Bertz CT molecular complexity index is 584. The number of carbonyl (C=O) groups is 1. The van der Waals surface area contributed by atoms with Gasteiger partial charge in [-0.05, 0) is 29.8 Å². The van der Waals surface area contributed by atoms with Crippen molar-refractivity contribution in [2.24, 2.45) is 0 Å². The van der Waals surface area contributed by atoms with Crippen molar-refractivity contribution in [1.29, 1.82) is 0 Å². The Morgan fingerprint density at radius 2 is 2.00 bits per heavy atom. The summed E-state index contributed by atoms with van der Waals surface area (Å²) in [6, 6.07) is 6.50. The number of carbonyl (C=O) groups excluding carboxylic acids is 1. The van der Waals surface area contributed by atoms with Crippen molar-refractivity contribution >= 4 is 17.4 Å². The van der Waals surface area contributed by atoms with Crippen LogP contribution in [0.4, 0.5) is 8.78 Å². The van der Waals surface area contributed by atoms with Gasteiger partial charge in [0.2, 0.25) is 0 Å². The van der Waals surface area contributed by atoms with E-state index in [-0.39, 0.29) is 28.5 Å². The number of pyridine rings is 1. The normalized spacial score (nSPS) is 10.4. The number of hydrogen-bond acceptors (Lipinski definition) is 2. The van der Waals surface area contributed by atoms with Gasteiger partial charge in [-0.1, -0.05) is 17.7 Å². The number of benzene rings is 1. The number of aromatic nitrogens is 1. The van der Waals surface area contributed by atoms with Crippen LogP contribution in [0.5, 0.6) is 0 Å². The summed E-state index contributed by atoms with van der Waals surface area (Å²) < 4.78 is 26.1. The Hall–Kier alpha value is -1.81. The smallest absolute Gasteiger partial charge is 0.185 e. The van der Waals surface area contributed by atoms with Crippen LogP contribution in [0.15, 0.2) is 36.5 Å². The van der Waals surface area contributed by atoms with Gasteiger partial charge in [0.15, 0.2) is 5.78 Å². The fourth-order valence-electron chi connectivity index (χ4n) is 1.47. The van der Waals surface area contributed by atoms with Crippen molar-refractivity contribution < 1.29 is 13.6 Å². The maximum atomic E-state index is 13.5. The Morgan fingerprint density at radius 3 is 2.61 bits per heavy atom. The third-order valence-electron chi connectivity index (χ3n) is 2.38. The zero-order valence-corrected chi connectivity index (χ0v) is 9.92. The summed E-state index contributed by atoms with van der Waals surface area (Å²) in [5, 5.41) is 0.267. The van der Waals surface area contributed by atoms with Gasteiger partial charge in [0.1, 0.15) is 17.3 Å². The van der Waals surface area contributed by atoms with Gasteiger partial charge < -0.3 is 0 Å². The molecule has 0 bridgehead atoms. The largest absolute Gasteiger partial charge is 0.292 e. The first-order valence-corrected chi connectivity index (χ1v) is 5.53. The van der Waals surface area contributed by atoms with Crippen LogP contribution in [0.25, 0.3) is 0 Å². The summed E-state index contributed by atoms with van der Waals surface area (Å²) in [6.07, 6.45) is 0.813. The minimum Gasteiger partial charge on any atom is -0.292 e. The predicted octanol–water partition coefficient (Wildman–Crippen LogP) is 3.44. The van der Waals surface area contributed by atoms with E-state index in [1.807, 2.05) is 0 Å². The van der Waals surface area contributed by atoms with E-state index in [9.17, 15) is 13.6 Å². The molecule has 0 fully saturated rings. The van der Waals surface area contributed by atoms with Crippen molar-refractivity contribution in [3.63, 3.8) is 0 Å². The topological polar surface area (TPSA) is 30.0 Å². The Labute approximate surface area is 107 Å². The molecule has 18 heavy (non-hydrogen) atoms. The summed E-state index contributed by atoms with van der Waals surface area (Å²) in [7, 11) is 0. The monoisotopic (exact) mass is 267 g/mol. The van der Waals surface area contributed by atoms with Crippen LogP contribution in [0.1, 0.15) is 16.1 Å². The second kappa shape index (κ2) is 5.23. The molecule has 0 aliphatic carbocycles. The Kier molecular flexibility index (Phi) is 3.67. The average molecular weight is 268 g/mol. The van der Waals surface area contributed by atoms with Gasteiger partial charge in [-0.25, -0.2) is 8.78 Å². The highest BCUT2D eigenvalue weighted by Crippen LogP contribution is 2.16. The first-order chi connectivity index (χ1) is 8.56. The maximum absolute atomic E-state index is 13.5. The molecule has 92 valence electrons. The lowest BCUT2D eigenvalue weighted by Gasteiger charge is -2.03. The SMILES string of the molecule is O=C(Cc1ccc(Cl)cc1F)c1ccc(F)cn1. The molecule has 0 aliphatic heterocycles. The molecule has 2 nitrogen and oxygen atoms in total. The van der Waals surface area contributed by atoms with Crippen LogP contribution in [0.3, 0.4) is 0 Å². The van der Waals surface area contributed by atoms with E-state index in [1.54, 1.807) is 0 Å². The van der Waals surface area contributed by atoms with E-state index in [4.69, 9.17) is 11.6 Å². The van der Waals surface area contributed by atoms with E-state index >= 15 is 0 Å². The summed E-state index contributed by atoms with van der Waals surface area (Å²) in [5.74, 6) is -1.45. The van der Waals surface area contributed by atoms with Crippen molar-refractivity contribution in [1.82, 2.24) is 4.98 Å².